The summed E-state index contributed by atoms with van der Waals surface area (Å²) < 4.78 is 0.830. The van der Waals surface area contributed by atoms with Crippen LogP contribution in [0.2, 0.25) is 0 Å². The van der Waals surface area contributed by atoms with Crippen LogP contribution in [0.3, 0.4) is 0 Å². The zero-order chi connectivity index (χ0) is 7.23. The van der Waals surface area contributed by atoms with Gasteiger partial charge in [-0.05, 0) is 12.8 Å². The Balaban J connectivity index is 2.07. The maximum atomic E-state index is 3.71. The third-order valence-electron chi connectivity index (χ3n) is 1.24. The van der Waals surface area contributed by atoms with Gasteiger partial charge in [0.25, 0.3) is 0 Å². The van der Waals surface area contributed by atoms with Gasteiger partial charge in [0.15, 0.2) is 0 Å². The van der Waals surface area contributed by atoms with E-state index in [0.717, 1.165) is 10.3 Å². The molecule has 1 atom stereocenters. The van der Waals surface area contributed by atoms with Crippen molar-refractivity contribution in [3.05, 3.63) is 12.7 Å². The van der Waals surface area contributed by atoms with Crippen molar-refractivity contribution in [2.45, 2.75) is 17.4 Å². The molecule has 0 N–H and O–H groups in total. The summed E-state index contributed by atoms with van der Waals surface area (Å²) in [7, 11) is 4.05. The first kappa shape index (κ1) is 8.88. The number of hydrogen-bond donors (Lipinski definition) is 0. The van der Waals surface area contributed by atoms with Crippen LogP contribution >= 0.6 is 33.3 Å². The lowest BCUT2D eigenvalue weighted by Crippen LogP contribution is -2.01. The molecule has 0 aromatic heterocycles. The highest BCUT2D eigenvalue weighted by atomic mass is 33.1. The van der Waals surface area contributed by atoms with Crippen LogP contribution in [0.15, 0.2) is 12.7 Å². The zero-order valence-electron chi connectivity index (χ0n) is 5.91. The molecular formula is C7H12S3. The van der Waals surface area contributed by atoms with Crippen molar-refractivity contribution < 1.29 is 0 Å². The minimum Gasteiger partial charge on any atom is -0.143 e. The van der Waals surface area contributed by atoms with Crippen LogP contribution in [-0.2, 0) is 0 Å². The van der Waals surface area contributed by atoms with E-state index in [2.05, 4.69) is 6.58 Å². The molecule has 0 spiro atoms. The van der Waals surface area contributed by atoms with Crippen molar-refractivity contribution in [3.63, 3.8) is 0 Å². The first-order chi connectivity index (χ1) is 4.93. The molecule has 58 valence electrons. The summed E-state index contributed by atoms with van der Waals surface area (Å²) in [5.41, 5.74) is 0. The van der Waals surface area contributed by atoms with Crippen molar-refractivity contribution >= 4 is 33.3 Å². The predicted molar refractivity (Wildman–Crippen MR) is 55.7 cm³/mol. The molecule has 3 heteroatoms. The molecule has 1 aliphatic rings. The fraction of sp³-hybridized carbons (Fsp3) is 0.714. The number of hydrogen-bond acceptors (Lipinski definition) is 3. The second-order valence-corrected chi connectivity index (χ2v) is 6.34. The van der Waals surface area contributed by atoms with Crippen molar-refractivity contribution in [3.8, 4) is 0 Å². The van der Waals surface area contributed by atoms with Gasteiger partial charge in [-0.3, -0.25) is 0 Å². The van der Waals surface area contributed by atoms with Crippen LogP contribution in [0.5, 0.6) is 0 Å². The summed E-state index contributed by atoms with van der Waals surface area (Å²) in [6, 6.07) is 0. The molecule has 1 unspecified atom stereocenters. The second kappa shape index (κ2) is 5.44. The van der Waals surface area contributed by atoms with Crippen LogP contribution in [0, 0.1) is 0 Å². The number of thioether (sulfide) groups is 1. The van der Waals surface area contributed by atoms with Gasteiger partial charge in [0, 0.05) is 11.5 Å². The van der Waals surface area contributed by atoms with Crippen LogP contribution in [0.25, 0.3) is 0 Å². The Labute approximate surface area is 75.0 Å². The van der Waals surface area contributed by atoms with E-state index in [-0.39, 0.29) is 0 Å². The summed E-state index contributed by atoms with van der Waals surface area (Å²) in [6.45, 7) is 3.71. The maximum Gasteiger partial charge on any atom is 0.0609 e. The fourth-order valence-corrected chi connectivity index (χ4v) is 5.09. The quantitative estimate of drug-likeness (QED) is 0.497. The Morgan fingerprint density at radius 3 is 3.20 bits per heavy atom. The molecule has 0 aromatic rings. The van der Waals surface area contributed by atoms with Gasteiger partial charge in [-0.25, -0.2) is 0 Å². The van der Waals surface area contributed by atoms with E-state index in [1.807, 2.05) is 39.4 Å². The minimum absolute atomic E-state index is 0.830. The van der Waals surface area contributed by atoms with E-state index in [1.165, 1.54) is 18.6 Å². The highest BCUT2D eigenvalue weighted by Gasteiger charge is 2.13. The summed E-state index contributed by atoms with van der Waals surface area (Å²) >= 11 is 2.02. The largest absolute Gasteiger partial charge is 0.143 e. The lowest BCUT2D eigenvalue weighted by atomic mass is 10.4. The second-order valence-electron chi connectivity index (χ2n) is 2.11. The maximum absolute atomic E-state index is 3.71. The molecule has 1 saturated heterocycles. The van der Waals surface area contributed by atoms with E-state index in [4.69, 9.17) is 0 Å². The molecule has 0 saturated carbocycles. The summed E-state index contributed by atoms with van der Waals surface area (Å²) in [5, 5.41) is 0. The third-order valence-corrected chi connectivity index (χ3v) is 5.99. The topological polar surface area (TPSA) is 0 Å². The van der Waals surface area contributed by atoms with Crippen LogP contribution in [-0.4, -0.2) is 16.1 Å². The first-order valence-corrected chi connectivity index (χ1v) is 6.87. The van der Waals surface area contributed by atoms with Gasteiger partial charge in [-0.2, -0.15) is 0 Å². The first-order valence-electron chi connectivity index (χ1n) is 3.44. The Bertz CT molecular complexity index is 97.0. The third kappa shape index (κ3) is 3.26. The van der Waals surface area contributed by atoms with Crippen molar-refractivity contribution in [1.29, 1.82) is 0 Å². The molecule has 0 radical (unpaired) electrons. The van der Waals surface area contributed by atoms with Crippen LogP contribution in [0.1, 0.15) is 12.8 Å². The molecule has 0 nitrogen and oxygen atoms in total. The van der Waals surface area contributed by atoms with Crippen LogP contribution in [0.4, 0.5) is 0 Å². The van der Waals surface area contributed by atoms with Gasteiger partial charge < -0.3 is 0 Å². The molecule has 0 aliphatic carbocycles. The molecular weight excluding hydrogens is 180 g/mol. The Morgan fingerprint density at radius 2 is 2.60 bits per heavy atom. The van der Waals surface area contributed by atoms with Crippen molar-refractivity contribution in [2.75, 3.05) is 11.5 Å². The van der Waals surface area contributed by atoms with E-state index in [9.17, 15) is 0 Å². The fourth-order valence-electron chi connectivity index (χ4n) is 0.768. The summed E-state index contributed by atoms with van der Waals surface area (Å²) in [5.74, 6) is 2.45. The Hall–Kier alpha value is 0.790. The minimum atomic E-state index is 0.830. The molecule has 10 heavy (non-hydrogen) atoms. The van der Waals surface area contributed by atoms with E-state index in [0.29, 0.717) is 0 Å². The highest BCUT2D eigenvalue weighted by Crippen LogP contribution is 2.41. The van der Waals surface area contributed by atoms with E-state index < -0.39 is 0 Å². The van der Waals surface area contributed by atoms with Gasteiger partial charge in [0.2, 0.25) is 0 Å². The van der Waals surface area contributed by atoms with E-state index >= 15 is 0 Å². The van der Waals surface area contributed by atoms with Gasteiger partial charge in [-0.15, -0.1) is 18.3 Å². The zero-order valence-corrected chi connectivity index (χ0v) is 8.36. The SMILES string of the molecule is C=CCSC1CCCSS1. The average Bonchev–Trinajstić information content (AvgIpc) is 2.03. The van der Waals surface area contributed by atoms with Crippen molar-refractivity contribution in [1.82, 2.24) is 0 Å². The molecule has 1 fully saturated rings. The van der Waals surface area contributed by atoms with Crippen molar-refractivity contribution in [2.24, 2.45) is 0 Å². The normalized spacial score (nSPS) is 26.2. The van der Waals surface area contributed by atoms with Gasteiger partial charge in [-0.1, -0.05) is 27.7 Å². The standard InChI is InChI=1S/C7H12S3/c1-2-5-8-7-4-3-6-9-10-7/h2,7H,1,3-6H2. The summed E-state index contributed by atoms with van der Waals surface area (Å²) in [4.78, 5) is 0. The molecule has 1 aliphatic heterocycles. The highest BCUT2D eigenvalue weighted by molar-refractivity contribution is 8.78. The van der Waals surface area contributed by atoms with E-state index in [1.54, 1.807) is 0 Å². The molecule has 1 heterocycles. The number of rotatable bonds is 3. The lowest BCUT2D eigenvalue weighted by molar-refractivity contribution is 0.879. The smallest absolute Gasteiger partial charge is 0.0609 e. The van der Waals surface area contributed by atoms with Gasteiger partial charge in [0.1, 0.15) is 0 Å². The summed E-state index contributed by atoms with van der Waals surface area (Å²) in [6.07, 6.45) is 4.77. The molecule has 0 aromatic carbocycles. The average molecular weight is 192 g/mol. The lowest BCUT2D eigenvalue weighted by Gasteiger charge is -2.18. The Morgan fingerprint density at radius 1 is 1.70 bits per heavy atom. The Kier molecular flexibility index (Phi) is 4.83. The molecule has 0 amide bonds. The monoisotopic (exact) mass is 192 g/mol. The van der Waals surface area contributed by atoms with Gasteiger partial charge >= 0.3 is 0 Å². The predicted octanol–water partition coefficient (Wildman–Crippen LogP) is 3.41. The van der Waals surface area contributed by atoms with Gasteiger partial charge in [0.05, 0.1) is 4.58 Å². The molecule has 1 rings (SSSR count). The van der Waals surface area contributed by atoms with Crippen LogP contribution < -0.4 is 0 Å². The molecule has 0 bridgehead atoms.